The van der Waals surface area contributed by atoms with Crippen molar-refractivity contribution in [1.82, 2.24) is 4.90 Å². The van der Waals surface area contributed by atoms with E-state index in [0.717, 1.165) is 30.8 Å². The number of nitrogens with zero attached hydrogens (tertiary/aromatic N) is 1. The van der Waals surface area contributed by atoms with Crippen LogP contribution in [0.15, 0.2) is 51.9 Å². The van der Waals surface area contributed by atoms with Crippen molar-refractivity contribution in [3.05, 3.63) is 69.2 Å². The van der Waals surface area contributed by atoms with Gasteiger partial charge in [0.25, 0.3) is 5.91 Å². The SMILES string of the molecule is O=C(c1ccc(=O)oc1)N1CCCCC(c2ccc(Cl)cc2)C1. The maximum Gasteiger partial charge on any atom is 0.335 e. The van der Waals surface area contributed by atoms with Gasteiger partial charge in [-0.05, 0) is 36.6 Å². The van der Waals surface area contributed by atoms with Gasteiger partial charge >= 0.3 is 5.63 Å². The second-order valence-electron chi connectivity index (χ2n) is 5.84. The number of hydrogen-bond acceptors (Lipinski definition) is 3. The first-order chi connectivity index (χ1) is 11.1. The van der Waals surface area contributed by atoms with Crippen molar-refractivity contribution in [2.75, 3.05) is 13.1 Å². The molecule has 1 aromatic carbocycles. The van der Waals surface area contributed by atoms with Crippen LogP contribution in [0.4, 0.5) is 0 Å². The molecule has 0 spiro atoms. The van der Waals surface area contributed by atoms with E-state index in [1.807, 2.05) is 29.2 Å². The van der Waals surface area contributed by atoms with Gasteiger partial charge in [-0.2, -0.15) is 0 Å². The first-order valence-electron chi connectivity index (χ1n) is 7.77. The van der Waals surface area contributed by atoms with E-state index in [1.165, 1.54) is 24.0 Å². The molecule has 1 amide bonds. The lowest BCUT2D eigenvalue weighted by Gasteiger charge is -2.24. The van der Waals surface area contributed by atoms with E-state index in [9.17, 15) is 9.59 Å². The molecular formula is C18H18ClNO3. The van der Waals surface area contributed by atoms with Gasteiger partial charge in [-0.15, -0.1) is 0 Å². The Morgan fingerprint density at radius 2 is 1.91 bits per heavy atom. The lowest BCUT2D eigenvalue weighted by molar-refractivity contribution is 0.0751. The predicted molar refractivity (Wildman–Crippen MR) is 88.9 cm³/mol. The lowest BCUT2D eigenvalue weighted by Crippen LogP contribution is -2.34. The van der Waals surface area contributed by atoms with Gasteiger partial charge in [0.15, 0.2) is 0 Å². The van der Waals surface area contributed by atoms with Gasteiger partial charge in [-0.3, -0.25) is 4.79 Å². The Morgan fingerprint density at radius 3 is 2.61 bits per heavy atom. The second-order valence-corrected chi connectivity index (χ2v) is 6.28. The third kappa shape index (κ3) is 3.82. The van der Waals surface area contributed by atoms with Gasteiger partial charge in [0.1, 0.15) is 6.26 Å². The van der Waals surface area contributed by atoms with Gasteiger partial charge in [0, 0.05) is 30.1 Å². The fourth-order valence-electron chi connectivity index (χ4n) is 3.00. The number of halogens is 1. The van der Waals surface area contributed by atoms with E-state index in [1.54, 1.807) is 0 Å². The monoisotopic (exact) mass is 331 g/mol. The van der Waals surface area contributed by atoms with Crippen molar-refractivity contribution in [2.24, 2.45) is 0 Å². The number of hydrogen-bond donors (Lipinski definition) is 0. The first-order valence-corrected chi connectivity index (χ1v) is 8.15. The van der Waals surface area contributed by atoms with Crippen molar-refractivity contribution in [1.29, 1.82) is 0 Å². The maximum atomic E-state index is 12.6. The average Bonchev–Trinajstić information content (AvgIpc) is 2.82. The van der Waals surface area contributed by atoms with E-state index in [0.29, 0.717) is 18.0 Å². The summed E-state index contributed by atoms with van der Waals surface area (Å²) in [6, 6.07) is 10.6. The van der Waals surface area contributed by atoms with Crippen LogP contribution in [0.1, 0.15) is 41.1 Å². The van der Waals surface area contributed by atoms with Crippen molar-refractivity contribution >= 4 is 17.5 Å². The minimum atomic E-state index is -0.448. The van der Waals surface area contributed by atoms with Crippen LogP contribution in [0.2, 0.25) is 5.02 Å². The summed E-state index contributed by atoms with van der Waals surface area (Å²) in [6.07, 6.45) is 4.36. The fraction of sp³-hybridized carbons (Fsp3) is 0.333. The molecule has 3 rings (SSSR count). The van der Waals surface area contributed by atoms with Crippen molar-refractivity contribution in [3.63, 3.8) is 0 Å². The summed E-state index contributed by atoms with van der Waals surface area (Å²) in [5, 5.41) is 0.717. The fourth-order valence-corrected chi connectivity index (χ4v) is 3.12. The Kier molecular flexibility index (Phi) is 4.82. The van der Waals surface area contributed by atoms with Crippen LogP contribution in [0.25, 0.3) is 0 Å². The predicted octanol–water partition coefficient (Wildman–Crippen LogP) is 3.70. The van der Waals surface area contributed by atoms with E-state index >= 15 is 0 Å². The quantitative estimate of drug-likeness (QED) is 0.843. The molecule has 0 saturated carbocycles. The normalized spacial score (nSPS) is 18.5. The molecule has 1 aliphatic heterocycles. The Labute approximate surface area is 139 Å². The molecule has 1 atom stereocenters. The molecule has 1 aliphatic rings. The molecule has 1 aromatic heterocycles. The third-order valence-electron chi connectivity index (χ3n) is 4.25. The molecule has 0 N–H and O–H groups in total. The van der Waals surface area contributed by atoms with Gasteiger partial charge < -0.3 is 9.32 Å². The van der Waals surface area contributed by atoms with E-state index in [-0.39, 0.29) is 5.91 Å². The van der Waals surface area contributed by atoms with Gasteiger partial charge in [-0.25, -0.2) is 4.79 Å². The number of likely N-dealkylation sites (tertiary alicyclic amines) is 1. The molecular weight excluding hydrogens is 314 g/mol. The van der Waals surface area contributed by atoms with Crippen LogP contribution >= 0.6 is 11.6 Å². The molecule has 1 saturated heterocycles. The third-order valence-corrected chi connectivity index (χ3v) is 4.50. The standard InChI is InChI=1S/C18H18ClNO3/c19-16-7-4-13(5-8-16)14-3-1-2-10-20(11-14)18(22)15-6-9-17(21)23-12-15/h4-9,12,14H,1-3,10-11H2. The van der Waals surface area contributed by atoms with E-state index in [2.05, 4.69) is 0 Å². The highest BCUT2D eigenvalue weighted by Gasteiger charge is 2.24. The summed E-state index contributed by atoms with van der Waals surface area (Å²) in [5.74, 6) is 0.212. The topological polar surface area (TPSA) is 50.5 Å². The summed E-state index contributed by atoms with van der Waals surface area (Å²) in [4.78, 5) is 25.5. The molecule has 0 aliphatic carbocycles. The Morgan fingerprint density at radius 1 is 1.13 bits per heavy atom. The first kappa shape index (κ1) is 15.8. The zero-order chi connectivity index (χ0) is 16.2. The molecule has 1 unspecified atom stereocenters. The highest BCUT2D eigenvalue weighted by molar-refractivity contribution is 6.30. The molecule has 0 bridgehead atoms. The summed E-state index contributed by atoms with van der Waals surface area (Å²) in [5.41, 5.74) is 1.17. The number of carbonyl (C=O) groups is 1. The summed E-state index contributed by atoms with van der Waals surface area (Å²) >= 11 is 5.95. The highest BCUT2D eigenvalue weighted by atomic mass is 35.5. The van der Waals surface area contributed by atoms with Gasteiger partial charge in [-0.1, -0.05) is 30.2 Å². The molecule has 4 nitrogen and oxygen atoms in total. The maximum absolute atomic E-state index is 12.6. The minimum Gasteiger partial charge on any atom is -0.430 e. The molecule has 0 radical (unpaired) electrons. The van der Waals surface area contributed by atoms with Crippen molar-refractivity contribution in [2.45, 2.75) is 25.2 Å². The molecule has 5 heteroatoms. The van der Waals surface area contributed by atoms with Crippen LogP contribution in [0.5, 0.6) is 0 Å². The largest absolute Gasteiger partial charge is 0.430 e. The van der Waals surface area contributed by atoms with Crippen molar-refractivity contribution < 1.29 is 9.21 Å². The lowest BCUT2D eigenvalue weighted by atomic mass is 9.94. The van der Waals surface area contributed by atoms with Crippen LogP contribution in [0, 0.1) is 0 Å². The molecule has 23 heavy (non-hydrogen) atoms. The second kappa shape index (κ2) is 7.01. The molecule has 1 fully saturated rings. The molecule has 120 valence electrons. The number of carbonyl (C=O) groups excluding carboxylic acids is 1. The summed E-state index contributed by atoms with van der Waals surface area (Å²) in [7, 11) is 0. The number of amides is 1. The number of benzene rings is 1. The van der Waals surface area contributed by atoms with Gasteiger partial charge in [0.05, 0.1) is 5.56 Å². The minimum absolute atomic E-state index is 0.0883. The van der Waals surface area contributed by atoms with Crippen LogP contribution in [-0.2, 0) is 0 Å². The van der Waals surface area contributed by atoms with Gasteiger partial charge in [0.2, 0.25) is 0 Å². The summed E-state index contributed by atoms with van der Waals surface area (Å²) in [6.45, 7) is 1.39. The van der Waals surface area contributed by atoms with E-state index in [4.69, 9.17) is 16.0 Å². The average molecular weight is 332 g/mol. The highest BCUT2D eigenvalue weighted by Crippen LogP contribution is 2.28. The van der Waals surface area contributed by atoms with E-state index < -0.39 is 5.63 Å². The van der Waals surface area contributed by atoms with Crippen molar-refractivity contribution in [3.8, 4) is 0 Å². The Bertz CT molecular complexity index is 718. The smallest absolute Gasteiger partial charge is 0.335 e. The van der Waals surface area contributed by atoms with Crippen LogP contribution < -0.4 is 5.63 Å². The zero-order valence-corrected chi connectivity index (χ0v) is 13.5. The van der Waals surface area contributed by atoms with Crippen LogP contribution in [-0.4, -0.2) is 23.9 Å². The zero-order valence-electron chi connectivity index (χ0n) is 12.7. The Balaban J connectivity index is 1.79. The molecule has 2 heterocycles. The van der Waals surface area contributed by atoms with Crippen LogP contribution in [0.3, 0.4) is 0 Å². The number of rotatable bonds is 2. The Hall–Kier alpha value is -2.07. The summed E-state index contributed by atoms with van der Waals surface area (Å²) < 4.78 is 4.81. The molecule has 2 aromatic rings.